The van der Waals surface area contributed by atoms with Crippen molar-refractivity contribution in [3.63, 3.8) is 0 Å². The van der Waals surface area contributed by atoms with Crippen LogP contribution in [0.5, 0.6) is 0 Å². The summed E-state index contributed by atoms with van der Waals surface area (Å²) in [6.45, 7) is 0.443. The Morgan fingerprint density at radius 2 is 2.00 bits per heavy atom. The van der Waals surface area contributed by atoms with Gasteiger partial charge in [0.05, 0.1) is 6.61 Å². The monoisotopic (exact) mass is 176 g/mol. The van der Waals surface area contributed by atoms with Gasteiger partial charge in [-0.15, -0.1) is 0 Å². The highest BCUT2D eigenvalue weighted by Crippen LogP contribution is 2.26. The minimum Gasteiger partial charge on any atom is -0.388 e. The highest BCUT2D eigenvalue weighted by molar-refractivity contribution is 4.87. The van der Waals surface area contributed by atoms with Gasteiger partial charge in [0.2, 0.25) is 0 Å². The third kappa shape index (κ3) is 1.23. The normalized spacial score (nSPS) is 47.5. The first-order chi connectivity index (χ1) is 5.83. The van der Waals surface area contributed by atoms with Gasteiger partial charge in [-0.1, -0.05) is 0 Å². The van der Waals surface area contributed by atoms with Crippen molar-refractivity contribution < 1.29 is 24.1 Å². The summed E-state index contributed by atoms with van der Waals surface area (Å²) < 4.78 is 20.6. The average Bonchev–Trinajstić information content (AvgIpc) is 2.54. The summed E-state index contributed by atoms with van der Waals surface area (Å²) >= 11 is 0. The summed E-state index contributed by atoms with van der Waals surface area (Å²) in [6, 6.07) is 0. The molecule has 2 aliphatic heterocycles. The lowest BCUT2D eigenvalue weighted by molar-refractivity contribution is -0.234. The lowest BCUT2D eigenvalue weighted by Gasteiger charge is -2.33. The Hall–Kier alpha value is -0.200. The number of hydrogen-bond acceptors (Lipinski definition) is 5. The van der Waals surface area contributed by atoms with E-state index in [1.165, 1.54) is 0 Å². The highest BCUT2D eigenvalue weighted by Gasteiger charge is 2.45. The second kappa shape index (κ2) is 3.27. The van der Waals surface area contributed by atoms with Crippen LogP contribution in [0.1, 0.15) is 0 Å². The van der Waals surface area contributed by atoms with Gasteiger partial charge in [0, 0.05) is 7.11 Å². The maximum absolute atomic E-state index is 9.41. The molecule has 5 nitrogen and oxygen atoms in total. The predicted molar refractivity (Wildman–Crippen MR) is 37.4 cm³/mol. The van der Waals surface area contributed by atoms with Crippen LogP contribution in [0.3, 0.4) is 0 Å². The molecular weight excluding hydrogens is 164 g/mol. The first-order valence-corrected chi connectivity index (χ1v) is 3.88. The first kappa shape index (κ1) is 8.40. The lowest BCUT2D eigenvalue weighted by atomic mass is 10.1. The molecule has 4 atom stereocenters. The van der Waals surface area contributed by atoms with E-state index in [-0.39, 0.29) is 25.6 Å². The summed E-state index contributed by atoms with van der Waals surface area (Å²) in [5, 5.41) is 9.41. The number of ether oxygens (including phenoxy) is 4. The van der Waals surface area contributed by atoms with Gasteiger partial charge in [-0.25, -0.2) is 0 Å². The number of fused-ring (bicyclic) bond motifs is 1. The molecule has 0 bridgehead atoms. The van der Waals surface area contributed by atoms with Gasteiger partial charge in [0.15, 0.2) is 6.29 Å². The van der Waals surface area contributed by atoms with Crippen LogP contribution in [0.15, 0.2) is 0 Å². The molecule has 2 saturated heterocycles. The Morgan fingerprint density at radius 3 is 2.75 bits per heavy atom. The maximum atomic E-state index is 9.41. The number of aliphatic hydroxyl groups excluding tert-OH is 1. The minimum atomic E-state index is -0.608. The molecule has 0 aromatic rings. The molecular formula is C7H12O5. The molecule has 70 valence electrons. The molecule has 5 heteroatoms. The van der Waals surface area contributed by atoms with E-state index in [0.29, 0.717) is 0 Å². The fourth-order valence-corrected chi connectivity index (χ4v) is 1.53. The molecule has 12 heavy (non-hydrogen) atoms. The molecule has 4 unspecified atom stereocenters. The standard InChI is InChI=1S/C7H12O5/c1-9-7-6-5(11-3-12-6)4(8)2-10-7/h4-8H,2-3H2,1H3. The molecule has 0 aliphatic carbocycles. The average molecular weight is 176 g/mol. The predicted octanol–water partition coefficient (Wildman–Crippen LogP) is -0.909. The van der Waals surface area contributed by atoms with E-state index in [1.807, 2.05) is 0 Å². The molecule has 0 spiro atoms. The quantitative estimate of drug-likeness (QED) is 0.560. The number of aliphatic hydroxyl groups is 1. The van der Waals surface area contributed by atoms with Crippen LogP contribution in [-0.4, -0.2) is 50.2 Å². The number of methoxy groups -OCH3 is 1. The summed E-state index contributed by atoms with van der Waals surface area (Å²) in [5.74, 6) is 0. The fourth-order valence-electron chi connectivity index (χ4n) is 1.53. The summed E-state index contributed by atoms with van der Waals surface area (Å²) in [4.78, 5) is 0. The Morgan fingerprint density at radius 1 is 1.25 bits per heavy atom. The second-order valence-electron chi connectivity index (χ2n) is 2.89. The number of rotatable bonds is 1. The van der Waals surface area contributed by atoms with Gasteiger partial charge in [-0.05, 0) is 0 Å². The van der Waals surface area contributed by atoms with Gasteiger partial charge in [-0.3, -0.25) is 0 Å². The van der Waals surface area contributed by atoms with E-state index < -0.39 is 12.4 Å². The minimum absolute atomic E-state index is 0.204. The third-order valence-electron chi connectivity index (χ3n) is 2.16. The molecule has 2 fully saturated rings. The SMILES string of the molecule is COC1OCC(O)C2OCOC12. The Balaban J connectivity index is 2.06. The van der Waals surface area contributed by atoms with E-state index in [9.17, 15) is 5.11 Å². The van der Waals surface area contributed by atoms with E-state index in [4.69, 9.17) is 18.9 Å². The van der Waals surface area contributed by atoms with E-state index in [1.54, 1.807) is 7.11 Å². The largest absolute Gasteiger partial charge is 0.388 e. The van der Waals surface area contributed by atoms with Crippen LogP contribution >= 0.6 is 0 Å². The van der Waals surface area contributed by atoms with Crippen LogP contribution in [-0.2, 0) is 18.9 Å². The first-order valence-electron chi connectivity index (χ1n) is 3.88. The van der Waals surface area contributed by atoms with Crippen LogP contribution in [0.25, 0.3) is 0 Å². The molecule has 2 rings (SSSR count). The highest BCUT2D eigenvalue weighted by atomic mass is 16.8. The van der Waals surface area contributed by atoms with Crippen LogP contribution < -0.4 is 0 Å². The van der Waals surface area contributed by atoms with Gasteiger partial charge >= 0.3 is 0 Å². The van der Waals surface area contributed by atoms with E-state index >= 15 is 0 Å². The zero-order chi connectivity index (χ0) is 8.55. The van der Waals surface area contributed by atoms with Crippen molar-refractivity contribution in [3.8, 4) is 0 Å². The molecule has 2 heterocycles. The Kier molecular flexibility index (Phi) is 2.29. The maximum Gasteiger partial charge on any atom is 0.186 e. The zero-order valence-corrected chi connectivity index (χ0v) is 6.80. The Bertz CT molecular complexity index is 162. The molecule has 0 amide bonds. The molecule has 2 aliphatic rings. The van der Waals surface area contributed by atoms with Crippen LogP contribution in [0.2, 0.25) is 0 Å². The van der Waals surface area contributed by atoms with Crippen LogP contribution in [0.4, 0.5) is 0 Å². The van der Waals surface area contributed by atoms with Crippen molar-refractivity contribution >= 4 is 0 Å². The molecule has 0 aromatic carbocycles. The van der Waals surface area contributed by atoms with Gasteiger partial charge in [0.25, 0.3) is 0 Å². The number of hydrogen-bond donors (Lipinski definition) is 1. The zero-order valence-electron chi connectivity index (χ0n) is 6.80. The van der Waals surface area contributed by atoms with E-state index in [2.05, 4.69) is 0 Å². The van der Waals surface area contributed by atoms with E-state index in [0.717, 1.165) is 0 Å². The lowest BCUT2D eigenvalue weighted by Crippen LogP contribution is -2.51. The summed E-state index contributed by atoms with van der Waals surface area (Å²) in [6.07, 6.45) is -1.62. The van der Waals surface area contributed by atoms with Crippen molar-refractivity contribution in [2.75, 3.05) is 20.5 Å². The second-order valence-corrected chi connectivity index (χ2v) is 2.89. The molecule has 0 saturated carbocycles. The Labute approximate surface area is 70.2 Å². The smallest absolute Gasteiger partial charge is 0.186 e. The van der Waals surface area contributed by atoms with Gasteiger partial charge in [0.1, 0.15) is 25.1 Å². The topological polar surface area (TPSA) is 57.2 Å². The molecule has 0 aromatic heterocycles. The van der Waals surface area contributed by atoms with Crippen molar-refractivity contribution in [3.05, 3.63) is 0 Å². The van der Waals surface area contributed by atoms with Gasteiger partial charge in [-0.2, -0.15) is 0 Å². The summed E-state index contributed by atoms with van der Waals surface area (Å²) in [5.41, 5.74) is 0. The third-order valence-corrected chi connectivity index (χ3v) is 2.16. The molecule has 0 radical (unpaired) electrons. The summed E-state index contributed by atoms with van der Waals surface area (Å²) in [7, 11) is 1.54. The van der Waals surface area contributed by atoms with Crippen molar-refractivity contribution in [1.29, 1.82) is 0 Å². The van der Waals surface area contributed by atoms with Crippen molar-refractivity contribution in [1.82, 2.24) is 0 Å². The van der Waals surface area contributed by atoms with Gasteiger partial charge < -0.3 is 24.1 Å². The fraction of sp³-hybridized carbons (Fsp3) is 1.00. The van der Waals surface area contributed by atoms with Crippen molar-refractivity contribution in [2.45, 2.75) is 24.6 Å². The van der Waals surface area contributed by atoms with Crippen molar-refractivity contribution in [2.24, 2.45) is 0 Å². The van der Waals surface area contributed by atoms with Crippen LogP contribution in [0, 0.1) is 0 Å². The molecule has 1 N–H and O–H groups in total.